The number of hydrogen-bond acceptors (Lipinski definition) is 2. The molecule has 0 radical (unpaired) electrons. The van der Waals surface area contributed by atoms with Crippen LogP contribution in [0.1, 0.15) is 77.6 Å². The van der Waals surface area contributed by atoms with Gasteiger partial charge in [0.05, 0.1) is 12.7 Å². The van der Waals surface area contributed by atoms with Crippen LogP contribution in [0.4, 0.5) is 0 Å². The molecule has 0 bridgehead atoms. The summed E-state index contributed by atoms with van der Waals surface area (Å²) in [6.45, 7) is 12.2. The second-order valence-corrected chi connectivity index (χ2v) is 5.99. The van der Waals surface area contributed by atoms with E-state index >= 15 is 0 Å². The zero-order valence-electron chi connectivity index (χ0n) is 14.9. The summed E-state index contributed by atoms with van der Waals surface area (Å²) in [5.74, 6) is 0. The molecule has 0 aromatic rings. The van der Waals surface area contributed by atoms with E-state index in [0.29, 0.717) is 0 Å². The first kappa shape index (κ1) is 21.4. The van der Waals surface area contributed by atoms with Gasteiger partial charge in [-0.05, 0) is 44.9 Å². The van der Waals surface area contributed by atoms with Gasteiger partial charge in [-0.2, -0.15) is 0 Å². The van der Waals surface area contributed by atoms with Crippen molar-refractivity contribution in [2.75, 3.05) is 19.8 Å². The van der Waals surface area contributed by atoms with E-state index in [2.05, 4.69) is 20.1 Å². The summed E-state index contributed by atoms with van der Waals surface area (Å²) in [6.07, 6.45) is 17.3. The lowest BCUT2D eigenvalue weighted by Gasteiger charge is -2.18. The maximum Gasteiger partial charge on any atom is 0.0808 e. The molecule has 0 heterocycles. The molecule has 0 aromatic heterocycles. The van der Waals surface area contributed by atoms with E-state index in [1.54, 1.807) is 0 Å². The van der Waals surface area contributed by atoms with Gasteiger partial charge in [0.25, 0.3) is 0 Å². The lowest BCUT2D eigenvalue weighted by atomic mass is 10.1. The fourth-order valence-electron chi connectivity index (χ4n) is 2.35. The van der Waals surface area contributed by atoms with Crippen LogP contribution in [0, 0.1) is 0 Å². The van der Waals surface area contributed by atoms with Gasteiger partial charge in [0.2, 0.25) is 0 Å². The average Bonchev–Trinajstić information content (AvgIpc) is 2.54. The molecule has 2 heteroatoms. The Morgan fingerprint density at radius 3 is 2.05 bits per heavy atom. The zero-order valence-corrected chi connectivity index (χ0v) is 14.9. The largest absolute Gasteiger partial charge is 0.379 e. The van der Waals surface area contributed by atoms with Crippen molar-refractivity contribution in [3.63, 3.8) is 0 Å². The first-order valence-corrected chi connectivity index (χ1v) is 9.26. The topological polar surface area (TPSA) is 18.5 Å². The highest BCUT2D eigenvalue weighted by Crippen LogP contribution is 2.09. The Kier molecular flexibility index (Phi) is 17.9. The minimum absolute atomic E-state index is 0.285. The Balaban J connectivity index is 3.59. The molecule has 0 aromatic carbocycles. The molecule has 0 N–H and O–H groups in total. The van der Waals surface area contributed by atoms with Gasteiger partial charge >= 0.3 is 0 Å². The molecule has 1 atom stereocenters. The molecule has 0 saturated carbocycles. The van der Waals surface area contributed by atoms with Crippen LogP contribution in [0.2, 0.25) is 0 Å². The fourth-order valence-corrected chi connectivity index (χ4v) is 2.35. The van der Waals surface area contributed by atoms with Crippen molar-refractivity contribution in [1.29, 1.82) is 0 Å². The molecule has 0 aliphatic heterocycles. The van der Waals surface area contributed by atoms with Crippen LogP contribution in [0.3, 0.4) is 0 Å². The SMILES string of the molecule is C=CCCCCCOCC(CCCC)OCCCCCC=C. The smallest absolute Gasteiger partial charge is 0.0808 e. The maximum atomic E-state index is 6.01. The number of rotatable bonds is 18. The third-order valence-electron chi connectivity index (χ3n) is 3.79. The molecule has 0 aliphatic carbocycles. The van der Waals surface area contributed by atoms with E-state index in [0.717, 1.165) is 51.9 Å². The van der Waals surface area contributed by atoms with E-state index < -0.39 is 0 Å². The maximum absolute atomic E-state index is 6.01. The van der Waals surface area contributed by atoms with Gasteiger partial charge in [-0.1, -0.05) is 44.8 Å². The molecule has 22 heavy (non-hydrogen) atoms. The molecule has 0 rings (SSSR count). The van der Waals surface area contributed by atoms with Crippen molar-refractivity contribution in [2.24, 2.45) is 0 Å². The van der Waals surface area contributed by atoms with Crippen LogP contribution in [-0.4, -0.2) is 25.9 Å². The third kappa shape index (κ3) is 15.8. The van der Waals surface area contributed by atoms with Crippen LogP contribution >= 0.6 is 0 Å². The lowest BCUT2D eigenvalue weighted by molar-refractivity contribution is -0.0232. The van der Waals surface area contributed by atoms with E-state index in [4.69, 9.17) is 9.47 Å². The molecule has 0 amide bonds. The first-order valence-electron chi connectivity index (χ1n) is 9.26. The van der Waals surface area contributed by atoms with Crippen molar-refractivity contribution in [1.82, 2.24) is 0 Å². The summed E-state index contributed by atoms with van der Waals surface area (Å²) in [5, 5.41) is 0. The fraction of sp³-hybridized carbons (Fsp3) is 0.800. The molecule has 1 unspecified atom stereocenters. The third-order valence-corrected chi connectivity index (χ3v) is 3.79. The predicted molar refractivity (Wildman–Crippen MR) is 97.4 cm³/mol. The lowest BCUT2D eigenvalue weighted by Crippen LogP contribution is -2.21. The highest BCUT2D eigenvalue weighted by Gasteiger charge is 2.08. The van der Waals surface area contributed by atoms with Gasteiger partial charge in [-0.15, -0.1) is 13.2 Å². The highest BCUT2D eigenvalue weighted by molar-refractivity contribution is 4.66. The number of hydrogen-bond donors (Lipinski definition) is 0. The second kappa shape index (κ2) is 18.4. The quantitative estimate of drug-likeness (QED) is 0.226. The van der Waals surface area contributed by atoms with E-state index in [1.807, 2.05) is 12.2 Å². The monoisotopic (exact) mass is 310 g/mol. The first-order chi connectivity index (χ1) is 10.8. The van der Waals surface area contributed by atoms with Crippen LogP contribution in [0.5, 0.6) is 0 Å². The van der Waals surface area contributed by atoms with Crippen LogP contribution < -0.4 is 0 Å². The number of ether oxygens (including phenoxy) is 2. The van der Waals surface area contributed by atoms with Crippen molar-refractivity contribution in [3.05, 3.63) is 25.3 Å². The standard InChI is InChI=1S/C20H38O2/c1-4-7-10-12-14-17-21-19-20(16-9-6-3)22-18-15-13-11-8-5-2/h4-5,20H,1-2,6-19H2,3H3. The Labute approximate surface area is 139 Å². The molecule has 2 nitrogen and oxygen atoms in total. The van der Waals surface area contributed by atoms with E-state index in [-0.39, 0.29) is 6.10 Å². The molecule has 0 fully saturated rings. The molecule has 0 saturated heterocycles. The molecule has 0 spiro atoms. The minimum atomic E-state index is 0.285. The number of allylic oxidation sites excluding steroid dienone is 2. The van der Waals surface area contributed by atoms with Crippen molar-refractivity contribution in [3.8, 4) is 0 Å². The summed E-state index contributed by atoms with van der Waals surface area (Å²) in [7, 11) is 0. The van der Waals surface area contributed by atoms with Crippen LogP contribution in [-0.2, 0) is 9.47 Å². The van der Waals surface area contributed by atoms with Crippen molar-refractivity contribution in [2.45, 2.75) is 83.7 Å². The average molecular weight is 311 g/mol. The van der Waals surface area contributed by atoms with Gasteiger partial charge in [0.15, 0.2) is 0 Å². The summed E-state index contributed by atoms with van der Waals surface area (Å²) < 4.78 is 11.8. The van der Waals surface area contributed by atoms with Gasteiger partial charge in [0.1, 0.15) is 0 Å². The normalized spacial score (nSPS) is 12.2. The molecular weight excluding hydrogens is 272 g/mol. The predicted octanol–water partition coefficient (Wildman–Crippen LogP) is 6.07. The zero-order chi connectivity index (χ0) is 16.3. The Morgan fingerprint density at radius 2 is 1.45 bits per heavy atom. The van der Waals surface area contributed by atoms with Gasteiger partial charge in [-0.3, -0.25) is 0 Å². The summed E-state index contributed by atoms with van der Waals surface area (Å²) >= 11 is 0. The highest BCUT2D eigenvalue weighted by atomic mass is 16.5. The van der Waals surface area contributed by atoms with E-state index in [9.17, 15) is 0 Å². The van der Waals surface area contributed by atoms with Gasteiger partial charge in [0, 0.05) is 13.2 Å². The molecular formula is C20H38O2. The van der Waals surface area contributed by atoms with Crippen LogP contribution in [0.25, 0.3) is 0 Å². The molecule has 0 aliphatic rings. The summed E-state index contributed by atoms with van der Waals surface area (Å²) in [6, 6.07) is 0. The Morgan fingerprint density at radius 1 is 0.818 bits per heavy atom. The van der Waals surface area contributed by atoms with Gasteiger partial charge in [-0.25, -0.2) is 0 Å². The van der Waals surface area contributed by atoms with Crippen LogP contribution in [0.15, 0.2) is 25.3 Å². The Hall–Kier alpha value is -0.600. The minimum Gasteiger partial charge on any atom is -0.379 e. The van der Waals surface area contributed by atoms with E-state index in [1.165, 1.54) is 38.5 Å². The number of unbranched alkanes of at least 4 members (excludes halogenated alkanes) is 7. The Bertz CT molecular complexity index is 238. The van der Waals surface area contributed by atoms with Gasteiger partial charge < -0.3 is 9.47 Å². The second-order valence-electron chi connectivity index (χ2n) is 5.99. The molecule has 130 valence electrons. The summed E-state index contributed by atoms with van der Waals surface area (Å²) in [4.78, 5) is 0. The van der Waals surface area contributed by atoms with Crippen molar-refractivity contribution >= 4 is 0 Å². The summed E-state index contributed by atoms with van der Waals surface area (Å²) in [5.41, 5.74) is 0. The van der Waals surface area contributed by atoms with Crippen molar-refractivity contribution < 1.29 is 9.47 Å².